The molecule has 0 amide bonds. The van der Waals surface area contributed by atoms with Crippen LogP contribution in [0.15, 0.2) is 60.2 Å². The first-order chi connectivity index (χ1) is 15.3. The second-order valence-corrected chi connectivity index (χ2v) is 7.47. The summed E-state index contributed by atoms with van der Waals surface area (Å²) in [6, 6.07) is 4.32. The first-order valence-electron chi connectivity index (χ1n) is 8.57. The van der Waals surface area contributed by atoms with Gasteiger partial charge in [0.25, 0.3) is 5.60 Å². The molecule has 1 N–H and O–H groups in total. The highest BCUT2D eigenvalue weighted by molar-refractivity contribution is 6.30. The van der Waals surface area contributed by atoms with Crippen molar-refractivity contribution in [3.8, 4) is 0 Å². The van der Waals surface area contributed by atoms with Gasteiger partial charge in [0.05, 0.1) is 11.1 Å². The van der Waals surface area contributed by atoms with Gasteiger partial charge in [-0.15, -0.1) is 0 Å². The molecular weight excluding hydrogens is 536 g/mol. The topological polar surface area (TPSA) is 20.2 Å². The van der Waals surface area contributed by atoms with Crippen molar-refractivity contribution in [2.24, 2.45) is 0 Å². The number of halogens is 13. The predicted molar refractivity (Wildman–Crippen MR) is 102 cm³/mol. The summed E-state index contributed by atoms with van der Waals surface area (Å²) in [5.41, 5.74) is -14.4. The maximum Gasteiger partial charge on any atom is 0.430 e. The van der Waals surface area contributed by atoms with Crippen LogP contribution < -0.4 is 0 Å². The third-order valence-corrected chi connectivity index (χ3v) is 4.82. The van der Waals surface area contributed by atoms with Crippen LogP contribution in [0.25, 0.3) is 11.1 Å². The molecule has 0 aliphatic carbocycles. The maximum absolute atomic E-state index is 15.0. The molecule has 186 valence electrons. The van der Waals surface area contributed by atoms with E-state index >= 15 is 0 Å². The average Bonchev–Trinajstić information content (AvgIpc) is 2.67. The second kappa shape index (κ2) is 9.38. The van der Waals surface area contributed by atoms with E-state index in [9.17, 15) is 53.4 Å². The van der Waals surface area contributed by atoms with Gasteiger partial charge in [-0.1, -0.05) is 47.5 Å². The Hall–Kier alpha value is -2.31. The molecule has 0 bridgehead atoms. The molecule has 14 heteroatoms. The van der Waals surface area contributed by atoms with Crippen molar-refractivity contribution in [2.75, 3.05) is 0 Å². The Bertz CT molecular complexity index is 1010. The Labute approximate surface area is 193 Å². The SMILES string of the molecule is OC(/C(F)=C(/c1ccc(Cl)cc1)C(F)(F)F)(/C(F)=C(/c1ccc(Cl)cc1)C(F)(F)F)C(F)(F)F. The molecule has 2 rings (SSSR count). The lowest BCUT2D eigenvalue weighted by Gasteiger charge is -2.31. The zero-order chi connectivity index (χ0) is 26.3. The van der Waals surface area contributed by atoms with Crippen LogP contribution in [0.1, 0.15) is 11.1 Å². The predicted octanol–water partition coefficient (Wildman–Crippen LogP) is 8.47. The second-order valence-electron chi connectivity index (χ2n) is 6.60. The number of rotatable bonds is 4. The van der Waals surface area contributed by atoms with Crippen molar-refractivity contribution in [1.29, 1.82) is 0 Å². The van der Waals surface area contributed by atoms with Crippen LogP contribution in [0.5, 0.6) is 0 Å². The lowest BCUT2D eigenvalue weighted by atomic mass is 9.88. The summed E-state index contributed by atoms with van der Waals surface area (Å²) in [6.07, 6.45) is -18.8. The quantitative estimate of drug-likeness (QED) is 0.383. The highest BCUT2D eigenvalue weighted by atomic mass is 35.5. The molecule has 0 heterocycles. The van der Waals surface area contributed by atoms with Crippen LogP contribution >= 0.6 is 23.2 Å². The van der Waals surface area contributed by atoms with Crippen molar-refractivity contribution < 1.29 is 53.4 Å². The van der Waals surface area contributed by atoms with Gasteiger partial charge in [-0.3, -0.25) is 0 Å². The normalized spacial score (nSPS) is 15.1. The zero-order valence-electron chi connectivity index (χ0n) is 16.0. The Morgan fingerprint density at radius 3 is 1.03 bits per heavy atom. The lowest BCUT2D eigenvalue weighted by Crippen LogP contribution is -2.48. The Morgan fingerprint density at radius 2 is 0.824 bits per heavy atom. The highest BCUT2D eigenvalue weighted by Crippen LogP contribution is 2.52. The molecule has 0 aliphatic heterocycles. The minimum Gasteiger partial charge on any atom is -0.369 e. The van der Waals surface area contributed by atoms with E-state index in [0.29, 0.717) is 48.5 Å². The van der Waals surface area contributed by atoms with Crippen LogP contribution in [0.2, 0.25) is 10.0 Å². The summed E-state index contributed by atoms with van der Waals surface area (Å²) in [7, 11) is 0. The number of allylic oxidation sites excluding steroid dienone is 2. The minimum atomic E-state index is -6.72. The van der Waals surface area contributed by atoms with E-state index in [1.165, 1.54) is 0 Å². The summed E-state index contributed by atoms with van der Waals surface area (Å²) in [5.74, 6) is -7.33. The van der Waals surface area contributed by atoms with Crippen LogP contribution in [0.4, 0.5) is 48.3 Å². The van der Waals surface area contributed by atoms with Gasteiger partial charge in [0, 0.05) is 10.0 Å². The van der Waals surface area contributed by atoms with E-state index in [0.717, 1.165) is 0 Å². The molecule has 2 aromatic carbocycles. The van der Waals surface area contributed by atoms with Gasteiger partial charge in [0.1, 0.15) is 0 Å². The highest BCUT2D eigenvalue weighted by Gasteiger charge is 2.65. The fraction of sp³-hybridized carbons (Fsp3) is 0.200. The molecule has 0 saturated heterocycles. The van der Waals surface area contributed by atoms with Gasteiger partial charge < -0.3 is 5.11 Å². The van der Waals surface area contributed by atoms with Gasteiger partial charge in [-0.25, -0.2) is 8.78 Å². The monoisotopic (exact) mass is 544 g/mol. The van der Waals surface area contributed by atoms with Crippen LogP contribution in [-0.2, 0) is 0 Å². The summed E-state index contributed by atoms with van der Waals surface area (Å²) in [5, 5.41) is 9.48. The Morgan fingerprint density at radius 1 is 0.559 bits per heavy atom. The Balaban J connectivity index is 3.04. The summed E-state index contributed by atoms with van der Waals surface area (Å²) < 4.78 is 152. The van der Waals surface area contributed by atoms with E-state index in [1.54, 1.807) is 0 Å². The largest absolute Gasteiger partial charge is 0.430 e. The molecular formula is C20H9Cl2F11O. The van der Waals surface area contributed by atoms with Crippen LogP contribution in [-0.4, -0.2) is 29.2 Å². The molecule has 0 atom stereocenters. The van der Waals surface area contributed by atoms with Crippen molar-refractivity contribution in [2.45, 2.75) is 24.1 Å². The fourth-order valence-corrected chi connectivity index (χ4v) is 3.02. The number of benzene rings is 2. The fourth-order valence-electron chi connectivity index (χ4n) is 2.77. The molecule has 0 radical (unpaired) electrons. The standard InChI is InChI=1S/C20H9Cl2F11O/c21-11-5-1-9(2-6-11)13(18(25,26)27)15(23)17(34,20(31,32)33)16(24)14(19(28,29)30)10-3-7-12(22)8-4-10/h1-8,34H/b15-13+,16-14+. The van der Waals surface area contributed by atoms with Crippen LogP contribution in [0.3, 0.4) is 0 Å². The van der Waals surface area contributed by atoms with Crippen molar-refractivity contribution in [1.82, 2.24) is 0 Å². The van der Waals surface area contributed by atoms with E-state index in [2.05, 4.69) is 0 Å². The number of hydrogen-bond donors (Lipinski definition) is 1. The molecule has 1 nitrogen and oxygen atoms in total. The summed E-state index contributed by atoms with van der Waals surface area (Å²) in [6.45, 7) is 0. The van der Waals surface area contributed by atoms with E-state index in [1.807, 2.05) is 0 Å². The third kappa shape index (κ3) is 5.49. The molecule has 0 aromatic heterocycles. The first kappa shape index (κ1) is 27.9. The van der Waals surface area contributed by atoms with Crippen molar-refractivity contribution >= 4 is 34.3 Å². The molecule has 34 heavy (non-hydrogen) atoms. The van der Waals surface area contributed by atoms with Gasteiger partial charge in [-0.05, 0) is 35.4 Å². The van der Waals surface area contributed by atoms with Crippen molar-refractivity contribution in [3.05, 3.63) is 81.4 Å². The number of alkyl halides is 9. The third-order valence-electron chi connectivity index (χ3n) is 4.32. The van der Waals surface area contributed by atoms with E-state index < -0.39 is 58.1 Å². The van der Waals surface area contributed by atoms with Gasteiger partial charge in [0.2, 0.25) is 0 Å². The van der Waals surface area contributed by atoms with Crippen molar-refractivity contribution in [3.63, 3.8) is 0 Å². The Kier molecular flexibility index (Phi) is 7.71. The van der Waals surface area contributed by atoms with Gasteiger partial charge >= 0.3 is 18.5 Å². The average molecular weight is 545 g/mol. The molecule has 0 unspecified atom stereocenters. The smallest absolute Gasteiger partial charge is 0.369 e. The van der Waals surface area contributed by atoms with E-state index in [-0.39, 0.29) is 10.0 Å². The van der Waals surface area contributed by atoms with Gasteiger partial charge in [0.15, 0.2) is 11.7 Å². The van der Waals surface area contributed by atoms with E-state index in [4.69, 9.17) is 23.2 Å². The molecule has 0 aliphatic rings. The first-order valence-corrected chi connectivity index (χ1v) is 9.33. The molecule has 0 spiro atoms. The lowest BCUT2D eigenvalue weighted by molar-refractivity contribution is -0.241. The number of hydrogen-bond acceptors (Lipinski definition) is 1. The molecule has 2 aromatic rings. The molecule has 0 fully saturated rings. The summed E-state index contributed by atoms with van der Waals surface area (Å²) >= 11 is 10.9. The summed E-state index contributed by atoms with van der Waals surface area (Å²) in [4.78, 5) is 0. The maximum atomic E-state index is 15.0. The van der Waals surface area contributed by atoms with Crippen LogP contribution in [0, 0.1) is 0 Å². The van der Waals surface area contributed by atoms with Gasteiger partial charge in [-0.2, -0.15) is 39.5 Å². The minimum absolute atomic E-state index is 0.232. The number of aliphatic hydroxyl groups is 1. The zero-order valence-corrected chi connectivity index (χ0v) is 17.5. The molecule has 0 saturated carbocycles.